The maximum absolute atomic E-state index is 13.7. The first kappa shape index (κ1) is 29.9. The minimum atomic E-state index is -0.924. The number of aromatic nitrogens is 2. The van der Waals surface area contributed by atoms with Crippen LogP contribution < -0.4 is 14.4 Å². The van der Waals surface area contributed by atoms with Gasteiger partial charge in [-0.25, -0.2) is 0 Å². The Labute approximate surface area is 264 Å². The van der Waals surface area contributed by atoms with Crippen molar-refractivity contribution in [3.8, 4) is 11.5 Å². The minimum absolute atomic E-state index is 0.00469. The molecule has 6 rings (SSSR count). The summed E-state index contributed by atoms with van der Waals surface area (Å²) in [5.74, 6) is 0.757. The summed E-state index contributed by atoms with van der Waals surface area (Å²) in [6.45, 7) is 6.78. The highest BCUT2D eigenvalue weighted by Gasteiger charge is 2.48. The minimum Gasteiger partial charge on any atom is -0.507 e. The molecular weight excluding hydrogens is 595 g/mol. The molecule has 44 heavy (non-hydrogen) atoms. The van der Waals surface area contributed by atoms with Crippen molar-refractivity contribution < 1.29 is 24.2 Å². The van der Waals surface area contributed by atoms with Gasteiger partial charge in [-0.05, 0) is 66.3 Å². The molecule has 0 saturated carbocycles. The number of fused-ring (bicyclic) bond motifs is 1. The molecule has 1 fully saturated rings. The molecule has 2 aliphatic rings. The van der Waals surface area contributed by atoms with Gasteiger partial charge in [-0.15, -0.1) is 10.2 Å². The van der Waals surface area contributed by atoms with Gasteiger partial charge in [-0.1, -0.05) is 79.4 Å². The third kappa shape index (κ3) is 6.23. The van der Waals surface area contributed by atoms with Crippen molar-refractivity contribution in [1.82, 2.24) is 10.2 Å². The number of amides is 1. The van der Waals surface area contributed by atoms with E-state index in [0.717, 1.165) is 23.3 Å². The van der Waals surface area contributed by atoms with Gasteiger partial charge in [0.25, 0.3) is 5.78 Å². The van der Waals surface area contributed by atoms with Crippen molar-refractivity contribution >= 4 is 45.7 Å². The van der Waals surface area contributed by atoms with E-state index in [9.17, 15) is 14.7 Å². The van der Waals surface area contributed by atoms with E-state index in [2.05, 4.69) is 24.0 Å². The Morgan fingerprint density at radius 3 is 2.70 bits per heavy atom. The lowest BCUT2D eigenvalue weighted by Gasteiger charge is -2.23. The maximum Gasteiger partial charge on any atom is 0.301 e. The lowest BCUT2D eigenvalue weighted by atomic mass is 9.94. The number of rotatable bonds is 10. The fraction of sp³-hybridized carbons (Fsp3) is 0.294. The molecule has 1 aromatic heterocycles. The fourth-order valence-electron chi connectivity index (χ4n) is 5.33. The first-order valence-corrected chi connectivity index (χ1v) is 16.4. The Hall–Kier alpha value is -4.15. The second-order valence-electron chi connectivity index (χ2n) is 11.4. The molecule has 2 aliphatic heterocycles. The smallest absolute Gasteiger partial charge is 0.301 e. The quantitative estimate of drug-likeness (QED) is 0.0647. The summed E-state index contributed by atoms with van der Waals surface area (Å²) in [5, 5.41) is 20.6. The molecule has 0 spiro atoms. The van der Waals surface area contributed by atoms with Crippen molar-refractivity contribution in [2.24, 2.45) is 5.92 Å². The Bertz CT molecular complexity index is 1720. The van der Waals surface area contributed by atoms with Gasteiger partial charge in [0.15, 0.2) is 4.34 Å². The molecule has 3 aromatic carbocycles. The fourth-order valence-corrected chi connectivity index (χ4v) is 7.16. The number of benzene rings is 3. The third-order valence-electron chi connectivity index (χ3n) is 7.56. The molecule has 2 atom stereocenters. The number of hydrogen-bond donors (Lipinski definition) is 1. The van der Waals surface area contributed by atoms with Crippen LogP contribution in [0.4, 0.5) is 5.13 Å². The maximum atomic E-state index is 13.7. The Morgan fingerprint density at radius 1 is 1.09 bits per heavy atom. The number of aliphatic hydroxyl groups excluding tert-OH is 1. The topological polar surface area (TPSA) is 102 Å². The third-order valence-corrected chi connectivity index (χ3v) is 9.69. The van der Waals surface area contributed by atoms with Crippen LogP contribution >= 0.6 is 23.1 Å². The van der Waals surface area contributed by atoms with E-state index in [4.69, 9.17) is 9.47 Å². The van der Waals surface area contributed by atoms with Crippen LogP contribution in [0.5, 0.6) is 11.5 Å². The number of aliphatic hydroxyl groups is 1. The molecule has 8 nitrogen and oxygen atoms in total. The number of thioether (sulfide) groups is 1. The molecule has 0 aliphatic carbocycles. The van der Waals surface area contributed by atoms with Crippen LogP contribution in [0.1, 0.15) is 55.5 Å². The summed E-state index contributed by atoms with van der Waals surface area (Å²) in [7, 11) is 0. The number of hydrogen-bond acceptors (Lipinski definition) is 9. The van der Waals surface area contributed by atoms with Gasteiger partial charge >= 0.3 is 5.91 Å². The number of ether oxygens (including phenoxy) is 2. The van der Waals surface area contributed by atoms with Crippen molar-refractivity contribution in [3.05, 3.63) is 101 Å². The lowest BCUT2D eigenvalue weighted by Crippen LogP contribution is -2.29. The number of ketones is 1. The average molecular weight is 628 g/mol. The van der Waals surface area contributed by atoms with Crippen molar-refractivity contribution in [1.29, 1.82) is 0 Å². The molecular formula is C34H33N3O5S2. The van der Waals surface area contributed by atoms with Crippen LogP contribution in [-0.4, -0.2) is 39.7 Å². The zero-order chi connectivity index (χ0) is 30.8. The monoisotopic (exact) mass is 627 g/mol. The summed E-state index contributed by atoms with van der Waals surface area (Å²) < 4.78 is 12.5. The molecule has 0 radical (unpaired) electrons. The van der Waals surface area contributed by atoms with E-state index in [1.54, 1.807) is 12.1 Å². The number of carbonyl (C=O) groups excluding carboxylic acids is 2. The van der Waals surface area contributed by atoms with Crippen LogP contribution in [0.25, 0.3) is 5.76 Å². The molecule has 10 heteroatoms. The van der Waals surface area contributed by atoms with Gasteiger partial charge in [0.2, 0.25) is 5.13 Å². The SMILES string of the molecule is CC(C)CCOc1cccc([C@H]2/C(=C(\O)c3ccc4c(c3)C[C@H](C)O4)C(=O)C(=O)N2c2nnc(SCc3ccccc3)s2)c1. The van der Waals surface area contributed by atoms with Gasteiger partial charge in [-0.2, -0.15) is 0 Å². The normalized spacial score (nSPS) is 19.0. The molecule has 0 bridgehead atoms. The molecule has 1 saturated heterocycles. The molecule has 1 amide bonds. The second kappa shape index (κ2) is 12.8. The predicted octanol–water partition coefficient (Wildman–Crippen LogP) is 7.21. The first-order valence-electron chi connectivity index (χ1n) is 14.6. The largest absolute Gasteiger partial charge is 0.507 e. The van der Waals surface area contributed by atoms with Gasteiger partial charge in [0.05, 0.1) is 18.2 Å². The number of carbonyl (C=O) groups is 2. The zero-order valence-electron chi connectivity index (χ0n) is 24.7. The molecule has 3 heterocycles. The summed E-state index contributed by atoms with van der Waals surface area (Å²) in [6.07, 6.45) is 1.60. The average Bonchev–Trinajstić information content (AvgIpc) is 3.71. The second-order valence-corrected chi connectivity index (χ2v) is 13.5. The van der Waals surface area contributed by atoms with Crippen LogP contribution in [0.2, 0.25) is 0 Å². The highest BCUT2D eigenvalue weighted by atomic mass is 32.2. The Balaban J connectivity index is 1.38. The van der Waals surface area contributed by atoms with Crippen LogP contribution in [0.3, 0.4) is 0 Å². The van der Waals surface area contributed by atoms with Crippen LogP contribution in [0.15, 0.2) is 82.7 Å². The molecule has 0 unspecified atom stereocenters. The summed E-state index contributed by atoms with van der Waals surface area (Å²) in [6, 6.07) is 21.7. The molecule has 226 valence electrons. The number of nitrogens with zero attached hydrogens (tertiary/aromatic N) is 3. The van der Waals surface area contributed by atoms with E-state index in [1.807, 2.05) is 67.6 Å². The zero-order valence-corrected chi connectivity index (χ0v) is 26.4. The van der Waals surface area contributed by atoms with E-state index in [0.29, 0.717) is 45.9 Å². The van der Waals surface area contributed by atoms with Gasteiger partial charge < -0.3 is 14.6 Å². The summed E-state index contributed by atoms with van der Waals surface area (Å²) >= 11 is 2.75. The van der Waals surface area contributed by atoms with Crippen molar-refractivity contribution in [2.45, 2.75) is 55.9 Å². The van der Waals surface area contributed by atoms with Crippen molar-refractivity contribution in [2.75, 3.05) is 11.5 Å². The van der Waals surface area contributed by atoms with E-state index in [1.165, 1.54) is 28.0 Å². The van der Waals surface area contributed by atoms with Crippen molar-refractivity contribution in [3.63, 3.8) is 0 Å². The summed E-state index contributed by atoms with van der Waals surface area (Å²) in [5.41, 5.74) is 3.15. The highest BCUT2D eigenvalue weighted by molar-refractivity contribution is 8.00. The number of anilines is 1. The lowest BCUT2D eigenvalue weighted by molar-refractivity contribution is -0.132. The standard InChI is InChI=1S/C34H33N3O5S2/c1-20(2)14-15-41-26-11-7-10-23(18-26)29-28(30(38)24-12-13-27-25(17-24)16-21(3)42-27)31(39)32(40)37(29)33-35-36-34(44-33)43-19-22-8-5-4-6-9-22/h4-13,17-18,20-21,29,38H,14-16,19H2,1-3H3/b30-28+/t21-,29-/m0/s1. The molecule has 1 N–H and O–H groups in total. The Morgan fingerprint density at radius 2 is 1.91 bits per heavy atom. The van der Waals surface area contributed by atoms with Gasteiger partial charge in [-0.3, -0.25) is 14.5 Å². The Kier molecular flexibility index (Phi) is 8.72. The van der Waals surface area contributed by atoms with Crippen LogP contribution in [-0.2, 0) is 21.8 Å². The first-order chi connectivity index (χ1) is 21.3. The van der Waals surface area contributed by atoms with Gasteiger partial charge in [0.1, 0.15) is 23.4 Å². The van der Waals surface area contributed by atoms with Crippen LogP contribution in [0, 0.1) is 5.92 Å². The van der Waals surface area contributed by atoms with E-state index >= 15 is 0 Å². The molecule has 4 aromatic rings. The predicted molar refractivity (Wildman–Crippen MR) is 172 cm³/mol. The van der Waals surface area contributed by atoms with Gasteiger partial charge in [0, 0.05) is 17.7 Å². The van der Waals surface area contributed by atoms with E-state index < -0.39 is 17.7 Å². The summed E-state index contributed by atoms with van der Waals surface area (Å²) in [4.78, 5) is 28.8. The number of Topliss-reactive ketones (excluding diaryl/α,β-unsaturated/α-hetero) is 1. The highest BCUT2D eigenvalue weighted by Crippen LogP contribution is 2.45. The van der Waals surface area contributed by atoms with E-state index in [-0.39, 0.29) is 22.6 Å².